The second-order valence-electron chi connectivity index (χ2n) is 6.77. The molecule has 0 bridgehead atoms. The van der Waals surface area contributed by atoms with E-state index in [-0.39, 0.29) is 34.1 Å². The van der Waals surface area contributed by atoms with Crippen LogP contribution in [-0.2, 0) is 23.0 Å². The van der Waals surface area contributed by atoms with Gasteiger partial charge in [-0.2, -0.15) is 4.31 Å². The maximum absolute atomic E-state index is 13.2. The predicted molar refractivity (Wildman–Crippen MR) is 108 cm³/mol. The molecule has 1 fully saturated rings. The van der Waals surface area contributed by atoms with Crippen LogP contribution in [0.1, 0.15) is 27.2 Å². The van der Waals surface area contributed by atoms with E-state index in [4.69, 9.17) is 5.73 Å². The quantitative estimate of drug-likeness (QED) is 0.812. The van der Waals surface area contributed by atoms with Crippen molar-refractivity contribution in [1.82, 2.24) is 9.21 Å². The topological polar surface area (TPSA) is 83.7 Å². The second-order valence-corrected chi connectivity index (χ2v) is 9.59. The van der Waals surface area contributed by atoms with Crippen LogP contribution in [0.15, 0.2) is 40.6 Å². The number of carbonyl (C=O) groups is 1. The molecule has 146 valence electrons. The number of sulfonamides is 1. The van der Waals surface area contributed by atoms with Crippen LogP contribution >= 0.6 is 23.7 Å². The Hall–Kier alpha value is -1.45. The molecule has 2 aliphatic heterocycles. The third-order valence-electron chi connectivity index (χ3n) is 5.05. The summed E-state index contributed by atoms with van der Waals surface area (Å²) in [5.74, 6) is -0.232. The highest BCUT2D eigenvalue weighted by molar-refractivity contribution is 7.89. The summed E-state index contributed by atoms with van der Waals surface area (Å²) in [6, 6.07) is 9.41. The van der Waals surface area contributed by atoms with Crippen molar-refractivity contribution in [3.05, 3.63) is 51.7 Å². The third-order valence-corrected chi connectivity index (χ3v) is 7.97. The van der Waals surface area contributed by atoms with E-state index in [0.29, 0.717) is 32.6 Å². The van der Waals surface area contributed by atoms with Gasteiger partial charge < -0.3 is 10.6 Å². The first kappa shape index (κ1) is 20.3. The van der Waals surface area contributed by atoms with Gasteiger partial charge in [-0.15, -0.1) is 23.7 Å². The first-order chi connectivity index (χ1) is 12.5. The minimum Gasteiger partial charge on any atom is -0.336 e. The monoisotopic (exact) mass is 427 g/mol. The van der Waals surface area contributed by atoms with Crippen molar-refractivity contribution < 1.29 is 13.2 Å². The van der Waals surface area contributed by atoms with Crippen molar-refractivity contribution >= 4 is 39.7 Å². The van der Waals surface area contributed by atoms with E-state index in [9.17, 15) is 13.2 Å². The van der Waals surface area contributed by atoms with E-state index in [2.05, 4.69) is 0 Å². The first-order valence-electron chi connectivity index (χ1n) is 8.66. The van der Waals surface area contributed by atoms with Crippen molar-refractivity contribution in [3.8, 4) is 0 Å². The molecule has 0 aliphatic carbocycles. The Morgan fingerprint density at radius 3 is 2.59 bits per heavy atom. The molecule has 1 amide bonds. The first-order valence-corrected chi connectivity index (χ1v) is 11.0. The molecule has 6 nitrogen and oxygen atoms in total. The van der Waals surface area contributed by atoms with Gasteiger partial charge in [0, 0.05) is 32.2 Å². The Morgan fingerprint density at radius 1 is 1.15 bits per heavy atom. The molecule has 3 heterocycles. The van der Waals surface area contributed by atoms with Crippen LogP contribution in [0.5, 0.6) is 0 Å². The number of carbonyl (C=O) groups excluding carboxylic acids is 1. The average Bonchev–Trinajstić information content (AvgIpc) is 3.30. The van der Waals surface area contributed by atoms with E-state index in [1.165, 1.54) is 21.2 Å². The Labute approximate surface area is 169 Å². The minimum atomic E-state index is -3.72. The average molecular weight is 428 g/mol. The van der Waals surface area contributed by atoms with Gasteiger partial charge >= 0.3 is 0 Å². The molecule has 2 aromatic rings. The molecule has 1 aromatic heterocycles. The number of hydrogen-bond acceptors (Lipinski definition) is 5. The standard InChI is InChI=1S/C18H21N3O3S2.ClH/c19-15-6-8-20(12-15)18(22)17-16(7-10-25-17)26(23,24)21-9-5-13-3-1-2-4-14(13)11-21;/h1-4,7,10,15H,5-6,8-9,11-12,19H2;1H/t15-;/m1./s1. The lowest BCUT2D eigenvalue weighted by atomic mass is 10.0. The highest BCUT2D eigenvalue weighted by Gasteiger charge is 2.34. The summed E-state index contributed by atoms with van der Waals surface area (Å²) in [6.45, 7) is 1.83. The van der Waals surface area contributed by atoms with Gasteiger partial charge in [0.15, 0.2) is 0 Å². The zero-order valence-corrected chi connectivity index (χ0v) is 17.2. The van der Waals surface area contributed by atoms with E-state index < -0.39 is 10.0 Å². The van der Waals surface area contributed by atoms with Crippen molar-refractivity contribution in [3.63, 3.8) is 0 Å². The van der Waals surface area contributed by atoms with Crippen LogP contribution in [0.3, 0.4) is 0 Å². The largest absolute Gasteiger partial charge is 0.336 e. The number of nitrogens with zero attached hydrogens (tertiary/aromatic N) is 2. The minimum absolute atomic E-state index is 0. The van der Waals surface area contributed by atoms with Crippen LogP contribution < -0.4 is 5.73 Å². The summed E-state index contributed by atoms with van der Waals surface area (Å²) >= 11 is 1.18. The van der Waals surface area contributed by atoms with Crippen molar-refractivity contribution in [1.29, 1.82) is 0 Å². The Kier molecular flexibility index (Phi) is 5.93. The zero-order chi connectivity index (χ0) is 18.3. The SMILES string of the molecule is Cl.N[C@@H]1CCN(C(=O)c2sccc2S(=O)(=O)N2CCc3ccccc3C2)C1. The smallest absolute Gasteiger partial charge is 0.265 e. The molecule has 9 heteroatoms. The van der Waals surface area contributed by atoms with Gasteiger partial charge in [0.05, 0.1) is 0 Å². The molecular weight excluding hydrogens is 406 g/mol. The summed E-state index contributed by atoms with van der Waals surface area (Å²) in [5, 5.41) is 1.67. The molecule has 4 rings (SSSR count). The molecule has 0 unspecified atom stereocenters. The lowest BCUT2D eigenvalue weighted by Crippen LogP contribution is -2.37. The van der Waals surface area contributed by atoms with Crippen LogP contribution in [0.2, 0.25) is 0 Å². The number of halogens is 1. The fourth-order valence-electron chi connectivity index (χ4n) is 3.59. The number of thiophene rings is 1. The number of rotatable bonds is 3. The number of likely N-dealkylation sites (tertiary alicyclic amines) is 1. The van der Waals surface area contributed by atoms with Crippen molar-refractivity contribution in [2.75, 3.05) is 19.6 Å². The lowest BCUT2D eigenvalue weighted by Gasteiger charge is -2.28. The maximum atomic E-state index is 13.2. The van der Waals surface area contributed by atoms with E-state index in [1.807, 2.05) is 24.3 Å². The highest BCUT2D eigenvalue weighted by atomic mass is 35.5. The number of benzene rings is 1. The molecule has 0 saturated carbocycles. The fraction of sp³-hybridized carbons (Fsp3) is 0.389. The lowest BCUT2D eigenvalue weighted by molar-refractivity contribution is 0.0792. The number of fused-ring (bicyclic) bond motifs is 1. The van der Waals surface area contributed by atoms with E-state index in [0.717, 1.165) is 12.0 Å². The van der Waals surface area contributed by atoms with Gasteiger partial charge in [0.1, 0.15) is 9.77 Å². The van der Waals surface area contributed by atoms with Gasteiger partial charge in [-0.3, -0.25) is 4.79 Å². The molecule has 1 aromatic carbocycles. The van der Waals surface area contributed by atoms with Crippen LogP contribution in [0.4, 0.5) is 0 Å². The van der Waals surface area contributed by atoms with Crippen LogP contribution in [0, 0.1) is 0 Å². The normalized spacial score (nSPS) is 20.2. The van der Waals surface area contributed by atoms with Crippen molar-refractivity contribution in [2.45, 2.75) is 30.3 Å². The zero-order valence-electron chi connectivity index (χ0n) is 14.7. The van der Waals surface area contributed by atoms with Crippen molar-refractivity contribution in [2.24, 2.45) is 5.73 Å². The highest BCUT2D eigenvalue weighted by Crippen LogP contribution is 2.30. The molecule has 2 aliphatic rings. The van der Waals surface area contributed by atoms with E-state index in [1.54, 1.807) is 16.3 Å². The summed E-state index contributed by atoms with van der Waals surface area (Å²) in [7, 11) is -3.72. The summed E-state index contributed by atoms with van der Waals surface area (Å²) in [6.07, 6.45) is 1.44. The molecule has 0 radical (unpaired) electrons. The van der Waals surface area contributed by atoms with Gasteiger partial charge in [0.25, 0.3) is 5.91 Å². The van der Waals surface area contributed by atoms with Gasteiger partial charge in [-0.1, -0.05) is 24.3 Å². The molecule has 0 spiro atoms. The van der Waals surface area contributed by atoms with Crippen LogP contribution in [0.25, 0.3) is 0 Å². The van der Waals surface area contributed by atoms with Gasteiger partial charge in [-0.25, -0.2) is 8.42 Å². The second kappa shape index (κ2) is 7.89. The fourth-order valence-corrected chi connectivity index (χ4v) is 6.37. The molecule has 2 N–H and O–H groups in total. The Balaban J connectivity index is 0.00000210. The summed E-state index contributed by atoms with van der Waals surface area (Å²) < 4.78 is 27.9. The Morgan fingerprint density at radius 2 is 1.89 bits per heavy atom. The molecule has 1 atom stereocenters. The number of hydrogen-bond donors (Lipinski definition) is 1. The maximum Gasteiger partial charge on any atom is 0.265 e. The Bertz CT molecular complexity index is 945. The van der Waals surface area contributed by atoms with Gasteiger partial charge in [-0.05, 0) is 35.4 Å². The summed E-state index contributed by atoms with van der Waals surface area (Å²) in [5.41, 5.74) is 8.10. The predicted octanol–water partition coefficient (Wildman–Crippen LogP) is 2.09. The number of amides is 1. The van der Waals surface area contributed by atoms with Gasteiger partial charge in [0.2, 0.25) is 10.0 Å². The van der Waals surface area contributed by atoms with Crippen LogP contribution in [-0.4, -0.2) is 49.2 Å². The number of nitrogens with two attached hydrogens (primary N) is 1. The summed E-state index contributed by atoms with van der Waals surface area (Å²) in [4.78, 5) is 14.9. The van der Waals surface area contributed by atoms with E-state index >= 15 is 0 Å². The molecule has 27 heavy (non-hydrogen) atoms. The third kappa shape index (κ3) is 3.77. The molecular formula is C18H22ClN3O3S2. The molecule has 1 saturated heterocycles.